The van der Waals surface area contributed by atoms with E-state index in [1.54, 1.807) is 4.68 Å². The fraction of sp³-hybridized carbons (Fsp3) is 0.0909. The van der Waals surface area contributed by atoms with Crippen molar-refractivity contribution in [1.29, 1.82) is 0 Å². The van der Waals surface area contributed by atoms with Gasteiger partial charge in [0.05, 0.1) is 10.4 Å². The van der Waals surface area contributed by atoms with Gasteiger partial charge in [0.2, 0.25) is 0 Å². The Morgan fingerprint density at radius 3 is 2.94 bits per heavy atom. The molecule has 2 N–H and O–H groups in total. The average Bonchev–Trinajstić information content (AvgIpc) is 2.85. The lowest BCUT2D eigenvalue weighted by atomic mass is 10.1. The highest BCUT2D eigenvalue weighted by atomic mass is 32.1. The molecule has 0 bridgehead atoms. The van der Waals surface area contributed by atoms with Crippen LogP contribution in [0.2, 0.25) is 0 Å². The summed E-state index contributed by atoms with van der Waals surface area (Å²) >= 11 is 1.49. The lowest BCUT2D eigenvalue weighted by Crippen LogP contribution is -1.96. The molecule has 0 saturated carbocycles. The van der Waals surface area contributed by atoms with Gasteiger partial charge >= 0.3 is 0 Å². The number of hydrogen-bond acceptors (Lipinski definition) is 4. The predicted molar refractivity (Wildman–Crippen MR) is 66.2 cm³/mol. The van der Waals surface area contributed by atoms with E-state index in [1.807, 2.05) is 25.4 Å². The Morgan fingerprint density at radius 1 is 1.31 bits per heavy atom. The molecule has 80 valence electrons. The number of benzene rings is 1. The summed E-state index contributed by atoms with van der Waals surface area (Å²) in [7, 11) is 1.84. The van der Waals surface area contributed by atoms with Crippen LogP contribution in [0.4, 0.5) is 5.82 Å². The summed E-state index contributed by atoms with van der Waals surface area (Å²) in [6, 6.07) is 8.06. The molecule has 2 aromatic heterocycles. The molecule has 0 spiro atoms. The molecule has 0 aliphatic carbocycles. The summed E-state index contributed by atoms with van der Waals surface area (Å²) in [6.07, 6.45) is 1.87. The van der Waals surface area contributed by atoms with E-state index in [4.69, 9.17) is 5.73 Å². The van der Waals surface area contributed by atoms with Crippen molar-refractivity contribution < 1.29 is 0 Å². The van der Waals surface area contributed by atoms with E-state index < -0.39 is 0 Å². The number of anilines is 1. The van der Waals surface area contributed by atoms with Gasteiger partial charge in [0.1, 0.15) is 5.82 Å². The number of fused-ring (bicyclic) bond motifs is 1. The second-order valence-corrected chi connectivity index (χ2v) is 4.49. The molecule has 0 radical (unpaired) electrons. The molecular weight excluding hydrogens is 220 g/mol. The number of hydrogen-bond donors (Lipinski definition) is 1. The monoisotopic (exact) mass is 230 g/mol. The van der Waals surface area contributed by atoms with Crippen molar-refractivity contribution in [2.24, 2.45) is 7.05 Å². The molecular formula is C11H10N4S. The zero-order chi connectivity index (χ0) is 11.1. The fourth-order valence-corrected chi connectivity index (χ4v) is 2.33. The van der Waals surface area contributed by atoms with Crippen LogP contribution in [0.1, 0.15) is 0 Å². The van der Waals surface area contributed by atoms with Crippen LogP contribution in [0.25, 0.3) is 21.3 Å². The summed E-state index contributed by atoms with van der Waals surface area (Å²) < 4.78 is 6.99. The molecule has 0 atom stereocenters. The second-order valence-electron chi connectivity index (χ2n) is 3.66. The van der Waals surface area contributed by atoms with Crippen molar-refractivity contribution in [2.75, 3.05) is 5.73 Å². The van der Waals surface area contributed by atoms with E-state index in [9.17, 15) is 0 Å². The number of nitrogens with two attached hydrogens (primary N) is 1. The van der Waals surface area contributed by atoms with Gasteiger partial charge in [-0.2, -0.15) is 9.47 Å². The summed E-state index contributed by atoms with van der Waals surface area (Å²) in [4.78, 5) is 0. The second kappa shape index (κ2) is 3.31. The zero-order valence-electron chi connectivity index (χ0n) is 8.71. The topological polar surface area (TPSA) is 56.7 Å². The van der Waals surface area contributed by atoms with Crippen LogP contribution in [0.3, 0.4) is 0 Å². The van der Waals surface area contributed by atoms with Gasteiger partial charge < -0.3 is 5.73 Å². The van der Waals surface area contributed by atoms with Gasteiger partial charge in [0.15, 0.2) is 0 Å². The zero-order valence-corrected chi connectivity index (χ0v) is 9.53. The first-order valence-electron chi connectivity index (χ1n) is 4.88. The maximum Gasteiger partial charge on any atom is 0.121 e. The van der Waals surface area contributed by atoms with E-state index in [0.717, 1.165) is 16.6 Å². The van der Waals surface area contributed by atoms with Gasteiger partial charge in [-0.05, 0) is 17.6 Å². The molecule has 3 rings (SSSR count). The predicted octanol–water partition coefficient (Wildman–Crippen LogP) is 2.28. The van der Waals surface area contributed by atoms with Crippen LogP contribution in [0.15, 0.2) is 30.5 Å². The number of aryl methyl sites for hydroxylation is 1. The highest BCUT2D eigenvalue weighted by Crippen LogP contribution is 2.26. The summed E-state index contributed by atoms with van der Waals surface area (Å²) in [5, 5.41) is 5.51. The maximum absolute atomic E-state index is 5.76. The summed E-state index contributed by atoms with van der Waals surface area (Å²) in [6.45, 7) is 0. The van der Waals surface area contributed by atoms with Crippen molar-refractivity contribution in [3.05, 3.63) is 30.5 Å². The van der Waals surface area contributed by atoms with Crippen LogP contribution >= 0.6 is 11.5 Å². The van der Waals surface area contributed by atoms with Gasteiger partial charge in [-0.3, -0.25) is 4.68 Å². The molecule has 0 amide bonds. The highest BCUT2D eigenvalue weighted by Gasteiger charge is 2.06. The van der Waals surface area contributed by atoms with Gasteiger partial charge in [-0.1, -0.05) is 12.1 Å². The van der Waals surface area contributed by atoms with Crippen molar-refractivity contribution >= 4 is 27.4 Å². The average molecular weight is 230 g/mol. The van der Waals surface area contributed by atoms with Crippen LogP contribution in [0, 0.1) is 0 Å². The molecule has 0 aliphatic heterocycles. The molecule has 0 aliphatic rings. The van der Waals surface area contributed by atoms with Crippen LogP contribution in [0.5, 0.6) is 0 Å². The largest absolute Gasteiger partial charge is 0.384 e. The first-order valence-corrected chi connectivity index (χ1v) is 5.66. The van der Waals surface area contributed by atoms with E-state index in [1.165, 1.54) is 16.2 Å². The maximum atomic E-state index is 5.76. The third-order valence-corrected chi connectivity index (χ3v) is 3.33. The van der Waals surface area contributed by atoms with Gasteiger partial charge in [0.25, 0.3) is 0 Å². The molecule has 16 heavy (non-hydrogen) atoms. The third-order valence-electron chi connectivity index (χ3n) is 2.57. The van der Waals surface area contributed by atoms with E-state index in [0.29, 0.717) is 5.82 Å². The number of rotatable bonds is 1. The molecule has 3 aromatic rings. The van der Waals surface area contributed by atoms with Gasteiger partial charge in [-0.15, -0.1) is 0 Å². The Bertz CT molecular complexity index is 633. The minimum absolute atomic E-state index is 0.666. The molecule has 4 nitrogen and oxygen atoms in total. The van der Waals surface area contributed by atoms with Crippen molar-refractivity contribution in [1.82, 2.24) is 14.2 Å². The standard InChI is InChI=1S/C11H10N4S/c1-15-11(12)5-9(14-15)7-2-3-8-6-13-16-10(8)4-7/h2-6H,12H2,1H3. The van der Waals surface area contributed by atoms with E-state index in [2.05, 4.69) is 21.6 Å². The van der Waals surface area contributed by atoms with Gasteiger partial charge in [0, 0.05) is 30.3 Å². The van der Waals surface area contributed by atoms with E-state index >= 15 is 0 Å². The lowest BCUT2D eigenvalue weighted by molar-refractivity contribution is 0.782. The lowest BCUT2D eigenvalue weighted by Gasteiger charge is -1.95. The van der Waals surface area contributed by atoms with E-state index in [-0.39, 0.29) is 0 Å². The Kier molecular flexibility index (Phi) is 1.94. The Labute approximate surface area is 96.5 Å². The van der Waals surface area contributed by atoms with Crippen LogP contribution in [-0.4, -0.2) is 14.2 Å². The molecule has 2 heterocycles. The van der Waals surface area contributed by atoms with Crippen molar-refractivity contribution in [3.8, 4) is 11.3 Å². The van der Waals surface area contributed by atoms with Crippen molar-refractivity contribution in [3.63, 3.8) is 0 Å². The first-order chi connectivity index (χ1) is 7.74. The van der Waals surface area contributed by atoms with Gasteiger partial charge in [-0.25, -0.2) is 0 Å². The molecule has 0 saturated heterocycles. The number of nitrogen functional groups attached to an aromatic ring is 1. The smallest absolute Gasteiger partial charge is 0.121 e. The first kappa shape index (κ1) is 9.35. The fourth-order valence-electron chi connectivity index (χ4n) is 1.64. The quantitative estimate of drug-likeness (QED) is 0.697. The van der Waals surface area contributed by atoms with Crippen molar-refractivity contribution in [2.45, 2.75) is 0 Å². The van der Waals surface area contributed by atoms with Crippen LogP contribution in [-0.2, 0) is 7.05 Å². The minimum atomic E-state index is 0.666. The number of aromatic nitrogens is 3. The summed E-state index contributed by atoms with van der Waals surface area (Å²) in [5.74, 6) is 0.666. The third kappa shape index (κ3) is 1.37. The normalized spacial score (nSPS) is 11.1. The minimum Gasteiger partial charge on any atom is -0.384 e. The Hall–Kier alpha value is -1.88. The molecule has 0 unspecified atom stereocenters. The molecule has 1 aromatic carbocycles. The molecule has 5 heteroatoms. The SMILES string of the molecule is Cn1nc(-c2ccc3cnsc3c2)cc1N. The molecule has 0 fully saturated rings. The number of nitrogens with zero attached hydrogens (tertiary/aromatic N) is 3. The highest BCUT2D eigenvalue weighted by molar-refractivity contribution is 7.13. The summed E-state index contributed by atoms with van der Waals surface area (Å²) in [5.41, 5.74) is 7.73. The van der Waals surface area contributed by atoms with Crippen LogP contribution < -0.4 is 5.73 Å². The Balaban J connectivity index is 2.17. The Morgan fingerprint density at radius 2 is 2.19 bits per heavy atom.